The van der Waals surface area contributed by atoms with Gasteiger partial charge >= 0.3 is 0 Å². The third-order valence-corrected chi connectivity index (χ3v) is 4.94. The number of hydrogen-bond acceptors (Lipinski definition) is 4. The van der Waals surface area contributed by atoms with Gasteiger partial charge in [-0.25, -0.2) is 0 Å². The maximum Gasteiger partial charge on any atom is 0.228 e. The minimum atomic E-state index is -0.299. The van der Waals surface area contributed by atoms with Gasteiger partial charge in [0.15, 0.2) is 11.5 Å². The summed E-state index contributed by atoms with van der Waals surface area (Å²) in [6, 6.07) is 17.6. The molecule has 2 aromatic carbocycles. The average molecular weight is 393 g/mol. The fourth-order valence-electron chi connectivity index (χ4n) is 3.28. The number of ether oxygens (including phenoxy) is 2. The van der Waals surface area contributed by atoms with Gasteiger partial charge < -0.3 is 19.2 Å². The molecule has 0 radical (unpaired) electrons. The van der Waals surface area contributed by atoms with E-state index in [1.54, 1.807) is 20.5 Å². The zero-order chi connectivity index (χ0) is 20.6. The summed E-state index contributed by atoms with van der Waals surface area (Å²) in [6.07, 6.45) is 2.86. The third-order valence-electron chi connectivity index (χ3n) is 4.94. The van der Waals surface area contributed by atoms with E-state index in [0.717, 1.165) is 16.9 Å². The molecule has 3 aromatic rings. The van der Waals surface area contributed by atoms with Crippen LogP contribution in [0, 0.1) is 6.92 Å². The standard InChI is InChI=1S/C24H27NO4/c1-17-6-9-19(10-7-17)21(16-20-5-4-14-29-20)24(26)25-13-12-18-8-11-22(27-2)23(15-18)28-3/h4-11,14-15,21H,12-13,16H2,1-3H3,(H,25,26). The van der Waals surface area contributed by atoms with E-state index >= 15 is 0 Å². The van der Waals surface area contributed by atoms with Gasteiger partial charge in [0, 0.05) is 13.0 Å². The normalized spacial score (nSPS) is 11.7. The highest BCUT2D eigenvalue weighted by molar-refractivity contribution is 5.84. The van der Waals surface area contributed by atoms with Crippen LogP contribution in [-0.4, -0.2) is 26.7 Å². The summed E-state index contributed by atoms with van der Waals surface area (Å²) in [6.45, 7) is 2.57. The molecule has 1 heterocycles. The Labute approximate surface area is 171 Å². The van der Waals surface area contributed by atoms with E-state index in [-0.39, 0.29) is 11.8 Å². The monoisotopic (exact) mass is 393 g/mol. The van der Waals surface area contributed by atoms with Crippen molar-refractivity contribution in [3.63, 3.8) is 0 Å². The Kier molecular flexibility index (Phi) is 6.95. The average Bonchev–Trinajstić information content (AvgIpc) is 3.26. The van der Waals surface area contributed by atoms with Crippen LogP contribution in [0.5, 0.6) is 11.5 Å². The fourth-order valence-corrected chi connectivity index (χ4v) is 3.28. The second kappa shape index (κ2) is 9.82. The van der Waals surface area contributed by atoms with Gasteiger partial charge in [0.2, 0.25) is 5.91 Å². The first kappa shape index (κ1) is 20.5. The number of methoxy groups -OCH3 is 2. The van der Waals surface area contributed by atoms with Gasteiger partial charge in [0.05, 0.1) is 26.4 Å². The molecule has 1 atom stereocenters. The van der Waals surface area contributed by atoms with Crippen molar-refractivity contribution in [2.75, 3.05) is 20.8 Å². The summed E-state index contributed by atoms with van der Waals surface area (Å²) in [4.78, 5) is 13.0. The largest absolute Gasteiger partial charge is 0.493 e. The molecule has 1 unspecified atom stereocenters. The lowest BCUT2D eigenvalue weighted by Gasteiger charge is -2.17. The smallest absolute Gasteiger partial charge is 0.228 e. The van der Waals surface area contributed by atoms with Crippen molar-refractivity contribution in [1.29, 1.82) is 0 Å². The van der Waals surface area contributed by atoms with Gasteiger partial charge in [-0.05, 0) is 48.7 Å². The van der Waals surface area contributed by atoms with Gasteiger partial charge in [-0.2, -0.15) is 0 Å². The summed E-state index contributed by atoms with van der Waals surface area (Å²) in [5, 5.41) is 3.07. The van der Waals surface area contributed by atoms with Gasteiger partial charge in [0.1, 0.15) is 5.76 Å². The van der Waals surface area contributed by atoms with Gasteiger partial charge in [-0.15, -0.1) is 0 Å². The lowest BCUT2D eigenvalue weighted by molar-refractivity contribution is -0.122. The molecule has 0 aliphatic rings. The molecule has 0 saturated heterocycles. The minimum absolute atomic E-state index is 0.00858. The molecule has 1 aromatic heterocycles. The Bertz CT molecular complexity index is 917. The molecular formula is C24H27NO4. The minimum Gasteiger partial charge on any atom is -0.493 e. The molecule has 3 rings (SSSR count). The van der Waals surface area contributed by atoms with Crippen LogP contribution in [0.25, 0.3) is 0 Å². The van der Waals surface area contributed by atoms with Crippen LogP contribution in [0.3, 0.4) is 0 Å². The van der Waals surface area contributed by atoms with Crippen molar-refractivity contribution in [2.24, 2.45) is 0 Å². The van der Waals surface area contributed by atoms with E-state index in [1.807, 2.05) is 61.5 Å². The fraction of sp³-hybridized carbons (Fsp3) is 0.292. The van der Waals surface area contributed by atoms with Gasteiger partial charge in [-0.3, -0.25) is 4.79 Å². The summed E-state index contributed by atoms with van der Waals surface area (Å²) < 4.78 is 16.1. The molecule has 29 heavy (non-hydrogen) atoms. The van der Waals surface area contributed by atoms with Crippen LogP contribution in [0.2, 0.25) is 0 Å². The molecular weight excluding hydrogens is 366 g/mol. The molecule has 0 fully saturated rings. The van der Waals surface area contributed by atoms with Gasteiger partial charge in [0.25, 0.3) is 0 Å². The number of carbonyl (C=O) groups is 1. The van der Waals surface area contributed by atoms with E-state index in [4.69, 9.17) is 13.9 Å². The Balaban J connectivity index is 1.66. The summed E-state index contributed by atoms with van der Waals surface area (Å²) in [7, 11) is 3.23. The van der Waals surface area contributed by atoms with Gasteiger partial charge in [-0.1, -0.05) is 35.9 Å². The number of furan rings is 1. The number of rotatable bonds is 9. The van der Waals surface area contributed by atoms with Crippen molar-refractivity contribution in [3.8, 4) is 11.5 Å². The predicted octanol–water partition coefficient (Wildman–Crippen LogP) is 4.29. The van der Waals surface area contributed by atoms with Crippen LogP contribution >= 0.6 is 0 Å². The summed E-state index contributed by atoms with van der Waals surface area (Å²) in [5.74, 6) is 1.87. The third kappa shape index (κ3) is 5.41. The molecule has 0 aliphatic carbocycles. The van der Waals surface area contributed by atoms with Crippen molar-refractivity contribution < 1.29 is 18.7 Å². The Morgan fingerprint density at radius 2 is 1.79 bits per heavy atom. The Hall–Kier alpha value is -3.21. The Morgan fingerprint density at radius 3 is 2.45 bits per heavy atom. The maximum absolute atomic E-state index is 13.0. The van der Waals surface area contributed by atoms with Crippen LogP contribution in [0.4, 0.5) is 0 Å². The molecule has 5 heteroatoms. The molecule has 0 saturated carbocycles. The van der Waals surface area contributed by atoms with E-state index in [0.29, 0.717) is 30.9 Å². The lowest BCUT2D eigenvalue weighted by atomic mass is 9.93. The van der Waals surface area contributed by atoms with E-state index < -0.39 is 0 Å². The number of nitrogens with one attached hydrogen (secondary N) is 1. The predicted molar refractivity (Wildman–Crippen MR) is 113 cm³/mol. The van der Waals surface area contributed by atoms with Crippen molar-refractivity contribution >= 4 is 5.91 Å². The topological polar surface area (TPSA) is 60.7 Å². The molecule has 0 bridgehead atoms. The van der Waals surface area contributed by atoms with Crippen molar-refractivity contribution in [2.45, 2.75) is 25.7 Å². The molecule has 152 valence electrons. The van der Waals surface area contributed by atoms with Crippen LogP contribution in [0.15, 0.2) is 65.3 Å². The number of benzene rings is 2. The van der Waals surface area contributed by atoms with E-state index in [2.05, 4.69) is 5.32 Å². The molecule has 0 aliphatic heterocycles. The van der Waals surface area contributed by atoms with Crippen LogP contribution in [-0.2, 0) is 17.6 Å². The maximum atomic E-state index is 13.0. The number of carbonyl (C=O) groups excluding carboxylic acids is 1. The summed E-state index contributed by atoms with van der Waals surface area (Å²) in [5.41, 5.74) is 3.22. The van der Waals surface area contributed by atoms with E-state index in [9.17, 15) is 4.79 Å². The zero-order valence-corrected chi connectivity index (χ0v) is 17.1. The first-order chi connectivity index (χ1) is 14.1. The second-order valence-corrected chi connectivity index (χ2v) is 6.98. The number of aryl methyl sites for hydroxylation is 1. The number of amides is 1. The van der Waals surface area contributed by atoms with E-state index in [1.165, 1.54) is 5.56 Å². The zero-order valence-electron chi connectivity index (χ0n) is 17.1. The summed E-state index contributed by atoms with van der Waals surface area (Å²) >= 11 is 0. The Morgan fingerprint density at radius 1 is 1.03 bits per heavy atom. The van der Waals surface area contributed by atoms with Crippen LogP contribution in [0.1, 0.15) is 28.4 Å². The molecule has 5 nitrogen and oxygen atoms in total. The van der Waals surface area contributed by atoms with Crippen molar-refractivity contribution in [3.05, 3.63) is 83.3 Å². The second-order valence-electron chi connectivity index (χ2n) is 6.98. The number of hydrogen-bond donors (Lipinski definition) is 1. The highest BCUT2D eigenvalue weighted by Crippen LogP contribution is 2.27. The highest BCUT2D eigenvalue weighted by atomic mass is 16.5. The first-order valence-electron chi connectivity index (χ1n) is 9.68. The van der Waals surface area contributed by atoms with Crippen LogP contribution < -0.4 is 14.8 Å². The highest BCUT2D eigenvalue weighted by Gasteiger charge is 2.22. The molecule has 1 N–H and O–H groups in total. The lowest BCUT2D eigenvalue weighted by Crippen LogP contribution is -2.32. The van der Waals surface area contributed by atoms with Crippen molar-refractivity contribution in [1.82, 2.24) is 5.32 Å². The molecule has 1 amide bonds. The SMILES string of the molecule is COc1ccc(CCNC(=O)C(Cc2ccco2)c2ccc(C)cc2)cc1OC. The molecule has 0 spiro atoms. The quantitative estimate of drug-likeness (QED) is 0.589. The first-order valence-corrected chi connectivity index (χ1v) is 9.68.